The van der Waals surface area contributed by atoms with E-state index < -0.39 is 23.1 Å². The zero-order valence-electron chi connectivity index (χ0n) is 22.3. The molecule has 2 aromatic carbocycles. The lowest BCUT2D eigenvalue weighted by Crippen LogP contribution is -2.26. The van der Waals surface area contributed by atoms with Crippen molar-refractivity contribution in [3.05, 3.63) is 81.9 Å². The molecule has 10 nitrogen and oxygen atoms in total. The van der Waals surface area contributed by atoms with E-state index in [2.05, 4.69) is 9.97 Å². The molecular formula is C29H28FN5O5. The number of pyridine rings is 1. The molecule has 0 spiro atoms. The second-order valence-electron chi connectivity index (χ2n) is 9.11. The topological polar surface area (TPSA) is 130 Å². The van der Waals surface area contributed by atoms with Crippen LogP contribution in [0.15, 0.2) is 53.8 Å². The molecule has 1 saturated heterocycles. The van der Waals surface area contributed by atoms with E-state index in [1.54, 1.807) is 36.1 Å². The number of rotatable bonds is 5. The average Bonchev–Trinajstić information content (AvgIpc) is 3.45. The summed E-state index contributed by atoms with van der Waals surface area (Å²) in [6, 6.07) is 5.67. The van der Waals surface area contributed by atoms with Gasteiger partial charge in [-0.25, -0.2) is 9.18 Å². The molecule has 4 aromatic rings. The van der Waals surface area contributed by atoms with E-state index in [4.69, 9.17) is 15.2 Å². The predicted molar refractivity (Wildman–Crippen MR) is 147 cm³/mol. The van der Waals surface area contributed by atoms with Crippen LogP contribution in [-0.4, -0.2) is 46.1 Å². The Morgan fingerprint density at radius 1 is 1.23 bits per heavy atom. The highest BCUT2D eigenvalue weighted by molar-refractivity contribution is 6.00. The van der Waals surface area contributed by atoms with Crippen LogP contribution < -0.4 is 20.8 Å². The lowest BCUT2D eigenvalue weighted by Gasteiger charge is -2.29. The van der Waals surface area contributed by atoms with Crippen LogP contribution >= 0.6 is 0 Å². The summed E-state index contributed by atoms with van der Waals surface area (Å²) < 4.78 is 28.7. The molecule has 1 unspecified atom stereocenters. The third-order valence-electron chi connectivity index (χ3n) is 6.89. The second kappa shape index (κ2) is 10.8. The Morgan fingerprint density at radius 3 is 2.73 bits per heavy atom. The van der Waals surface area contributed by atoms with Gasteiger partial charge in [-0.2, -0.15) is 0 Å². The molecular weight excluding hydrogens is 517 g/mol. The number of nitrogens with zero attached hydrogens (tertiary/aromatic N) is 4. The number of hydrogen-bond acceptors (Lipinski definition) is 8. The molecule has 40 heavy (non-hydrogen) atoms. The number of esters is 1. The van der Waals surface area contributed by atoms with Gasteiger partial charge in [-0.1, -0.05) is 13.8 Å². The van der Waals surface area contributed by atoms with Gasteiger partial charge in [0.1, 0.15) is 16.8 Å². The van der Waals surface area contributed by atoms with E-state index in [0.29, 0.717) is 24.5 Å². The van der Waals surface area contributed by atoms with Gasteiger partial charge in [0.05, 0.1) is 23.4 Å². The van der Waals surface area contributed by atoms with Crippen LogP contribution in [-0.2, 0) is 4.74 Å². The minimum atomic E-state index is -0.834. The summed E-state index contributed by atoms with van der Waals surface area (Å²) >= 11 is 0. The Morgan fingerprint density at radius 2 is 2.02 bits per heavy atom. The van der Waals surface area contributed by atoms with Crippen LogP contribution in [0.5, 0.6) is 11.5 Å². The molecule has 2 aromatic heterocycles. The predicted octanol–water partition coefficient (Wildman–Crippen LogP) is 4.32. The summed E-state index contributed by atoms with van der Waals surface area (Å²) in [5.74, 6) is -1.67. The van der Waals surface area contributed by atoms with Gasteiger partial charge in [0.2, 0.25) is 11.3 Å². The van der Waals surface area contributed by atoms with Gasteiger partial charge in [0.15, 0.2) is 17.3 Å². The summed E-state index contributed by atoms with van der Waals surface area (Å²) in [4.78, 5) is 48.3. The summed E-state index contributed by atoms with van der Waals surface area (Å²) in [6.07, 6.45) is 6.99. The van der Waals surface area contributed by atoms with Crippen LogP contribution in [0.3, 0.4) is 0 Å². The van der Waals surface area contributed by atoms with Gasteiger partial charge in [-0.05, 0) is 37.6 Å². The minimum Gasteiger partial charge on any atom is -0.462 e. The van der Waals surface area contributed by atoms with E-state index >= 15 is 4.39 Å². The number of nitrogens with two attached hydrogens (primary N) is 1. The molecule has 1 atom stereocenters. The zero-order valence-corrected chi connectivity index (χ0v) is 22.3. The van der Waals surface area contributed by atoms with E-state index in [9.17, 15) is 14.4 Å². The Balaban J connectivity index is 0.00000158. The van der Waals surface area contributed by atoms with Gasteiger partial charge in [-0.15, -0.1) is 0 Å². The standard InChI is InChI=1S/C27H22FN5O5.C2H6/c1-2-37-27(36)17-13-33-20-9-14(26(29)35)3-4-21(20)38-25-22(33)16(24(17)34)10-18(28)23(25)32-8-5-15(12-32)19-11-30-6-7-31-19;1-2/h3-4,6-7,9-11,13,15H,2,5,8,12H2,1H3,(H2,29,35);1-2H3. The number of ether oxygens (including phenoxy) is 2. The number of halogens is 1. The normalized spacial score (nSPS) is 15.1. The Labute approximate surface area is 229 Å². The Hall–Kier alpha value is -4.80. The number of fused-ring (bicyclic) bond motifs is 2. The van der Waals surface area contributed by atoms with Crippen molar-refractivity contribution in [2.45, 2.75) is 33.1 Å². The van der Waals surface area contributed by atoms with Crippen molar-refractivity contribution in [2.24, 2.45) is 5.73 Å². The fourth-order valence-electron chi connectivity index (χ4n) is 5.13. The van der Waals surface area contributed by atoms with E-state index in [-0.39, 0.29) is 46.0 Å². The first kappa shape index (κ1) is 26.8. The number of carbonyl (C=O) groups is 2. The van der Waals surface area contributed by atoms with E-state index in [1.165, 1.54) is 18.3 Å². The van der Waals surface area contributed by atoms with Crippen molar-refractivity contribution in [3.8, 4) is 17.2 Å². The number of hydrogen-bond donors (Lipinski definition) is 1. The Kier molecular flexibility index (Phi) is 7.20. The van der Waals surface area contributed by atoms with Gasteiger partial charge in [0.25, 0.3) is 0 Å². The first-order valence-corrected chi connectivity index (χ1v) is 13.1. The van der Waals surface area contributed by atoms with Crippen molar-refractivity contribution in [3.63, 3.8) is 0 Å². The number of carbonyl (C=O) groups excluding carboxylic acids is 2. The summed E-state index contributed by atoms with van der Waals surface area (Å²) in [5.41, 5.74) is 6.41. The molecule has 6 rings (SSSR count). The molecule has 11 heteroatoms. The largest absolute Gasteiger partial charge is 0.462 e. The van der Waals surface area contributed by atoms with Crippen LogP contribution in [0, 0.1) is 5.82 Å². The SMILES string of the molecule is CC.CCOC(=O)c1cn2c3c(c(N4CCC(c5cnccn5)C4)c(F)cc3c1=O)Oc1ccc(C(N)=O)cc1-2. The monoisotopic (exact) mass is 545 g/mol. The molecule has 4 heterocycles. The molecule has 1 amide bonds. The number of primary amides is 1. The summed E-state index contributed by atoms with van der Waals surface area (Å²) in [6.45, 7) is 6.67. The summed E-state index contributed by atoms with van der Waals surface area (Å²) in [5, 5.41) is -0.0494. The highest BCUT2D eigenvalue weighted by Crippen LogP contribution is 2.48. The first-order chi connectivity index (χ1) is 19.4. The van der Waals surface area contributed by atoms with Crippen molar-refractivity contribution in [2.75, 3.05) is 24.6 Å². The maximum atomic E-state index is 15.8. The van der Waals surface area contributed by atoms with E-state index in [0.717, 1.165) is 18.2 Å². The smallest absolute Gasteiger partial charge is 0.343 e. The fourth-order valence-corrected chi connectivity index (χ4v) is 5.13. The molecule has 0 bridgehead atoms. The highest BCUT2D eigenvalue weighted by atomic mass is 19.1. The number of amides is 1. The van der Waals surface area contributed by atoms with Gasteiger partial charge in [-0.3, -0.25) is 19.6 Å². The molecule has 2 N–H and O–H groups in total. The average molecular weight is 546 g/mol. The van der Waals surface area contributed by atoms with Gasteiger partial charge < -0.3 is 24.7 Å². The summed E-state index contributed by atoms with van der Waals surface area (Å²) in [7, 11) is 0. The highest BCUT2D eigenvalue weighted by Gasteiger charge is 2.34. The van der Waals surface area contributed by atoms with E-state index in [1.807, 2.05) is 18.7 Å². The maximum Gasteiger partial charge on any atom is 0.343 e. The zero-order chi connectivity index (χ0) is 28.6. The van der Waals surface area contributed by atoms with Gasteiger partial charge in [0, 0.05) is 49.4 Å². The lowest BCUT2D eigenvalue weighted by atomic mass is 10.0. The molecule has 2 aliphatic heterocycles. The van der Waals surface area contributed by atoms with Crippen molar-refractivity contribution < 1.29 is 23.5 Å². The molecule has 0 aliphatic carbocycles. The molecule has 2 aliphatic rings. The lowest BCUT2D eigenvalue weighted by molar-refractivity contribution is 0.0524. The van der Waals surface area contributed by atoms with Crippen molar-refractivity contribution in [1.29, 1.82) is 0 Å². The fraction of sp³-hybridized carbons (Fsp3) is 0.276. The van der Waals surface area contributed by atoms with Crippen LogP contribution in [0.4, 0.5) is 10.1 Å². The van der Waals surface area contributed by atoms with Crippen molar-refractivity contribution in [1.82, 2.24) is 14.5 Å². The molecule has 206 valence electrons. The third-order valence-corrected chi connectivity index (χ3v) is 6.89. The second-order valence-corrected chi connectivity index (χ2v) is 9.11. The van der Waals surface area contributed by atoms with Crippen LogP contribution in [0.2, 0.25) is 0 Å². The quantitative estimate of drug-likeness (QED) is 0.323. The molecule has 1 fully saturated rings. The number of anilines is 1. The third kappa shape index (κ3) is 4.42. The van der Waals surface area contributed by atoms with Crippen molar-refractivity contribution >= 4 is 28.5 Å². The maximum absolute atomic E-state index is 15.8. The number of aromatic nitrogens is 3. The number of benzene rings is 2. The van der Waals surface area contributed by atoms with Crippen LogP contribution in [0.1, 0.15) is 59.5 Å². The first-order valence-electron chi connectivity index (χ1n) is 13.1. The Bertz CT molecular complexity index is 1690. The van der Waals surface area contributed by atoms with Gasteiger partial charge >= 0.3 is 5.97 Å². The molecule has 0 radical (unpaired) electrons. The van der Waals surface area contributed by atoms with Crippen LogP contribution in [0.25, 0.3) is 16.6 Å². The molecule has 0 saturated carbocycles. The minimum absolute atomic E-state index is 0.0355.